The number of aliphatic hydroxyl groups excluding tert-OH is 1. The largest absolute Gasteiger partial charge is 0.395 e. The maximum Gasteiger partial charge on any atom is 0.240 e. The molecule has 6 heteroatoms. The first-order valence-corrected chi connectivity index (χ1v) is 10.5. The van der Waals surface area contributed by atoms with Gasteiger partial charge in [0, 0.05) is 55.9 Å². The van der Waals surface area contributed by atoms with Crippen LogP contribution in [-0.2, 0) is 11.2 Å². The number of β-amino-alcohol motifs (C(OH)–C–C–N with tert-alkyl or cyclic N) is 1. The van der Waals surface area contributed by atoms with Gasteiger partial charge in [-0.05, 0) is 36.0 Å². The molecule has 28 heavy (non-hydrogen) atoms. The van der Waals surface area contributed by atoms with Crippen molar-refractivity contribution in [3.05, 3.63) is 35.5 Å². The van der Waals surface area contributed by atoms with E-state index in [-0.39, 0.29) is 24.6 Å². The Balaban J connectivity index is 1.57. The van der Waals surface area contributed by atoms with E-state index in [0.29, 0.717) is 12.5 Å². The van der Waals surface area contributed by atoms with Crippen LogP contribution in [0.1, 0.15) is 37.4 Å². The number of hydrogen-bond acceptors (Lipinski definition) is 4. The Morgan fingerprint density at radius 1 is 1.25 bits per heavy atom. The van der Waals surface area contributed by atoms with Gasteiger partial charge in [-0.15, -0.1) is 0 Å². The van der Waals surface area contributed by atoms with Gasteiger partial charge in [0.2, 0.25) is 5.91 Å². The molecule has 4 rings (SSSR count). The Morgan fingerprint density at radius 2 is 2.04 bits per heavy atom. The number of nitrogens with one attached hydrogen (secondary N) is 2. The summed E-state index contributed by atoms with van der Waals surface area (Å²) in [5, 5.41) is 14.1. The van der Waals surface area contributed by atoms with Crippen molar-refractivity contribution in [3.8, 4) is 0 Å². The van der Waals surface area contributed by atoms with Crippen LogP contribution in [0.4, 0.5) is 0 Å². The number of carbonyl (C=O) groups excluding carboxylic acids is 1. The average Bonchev–Trinajstić information content (AvgIpc) is 3.02. The summed E-state index contributed by atoms with van der Waals surface area (Å²) >= 11 is 0. The van der Waals surface area contributed by atoms with Crippen molar-refractivity contribution in [2.45, 2.75) is 38.8 Å². The quantitative estimate of drug-likeness (QED) is 0.736. The zero-order valence-electron chi connectivity index (χ0n) is 16.9. The number of aromatic amines is 1. The molecule has 1 fully saturated rings. The summed E-state index contributed by atoms with van der Waals surface area (Å²) in [7, 11) is 0. The summed E-state index contributed by atoms with van der Waals surface area (Å²) in [6, 6.07) is 6.43. The van der Waals surface area contributed by atoms with Crippen molar-refractivity contribution >= 4 is 16.8 Å². The summed E-state index contributed by atoms with van der Waals surface area (Å²) in [4.78, 5) is 21.0. The van der Waals surface area contributed by atoms with Gasteiger partial charge >= 0.3 is 0 Å². The van der Waals surface area contributed by atoms with Crippen LogP contribution in [0.2, 0.25) is 0 Å². The number of rotatable bonds is 5. The summed E-state index contributed by atoms with van der Waals surface area (Å²) in [6.07, 6.45) is 3.81. The third kappa shape index (κ3) is 3.81. The van der Waals surface area contributed by atoms with Crippen LogP contribution in [0, 0.1) is 5.92 Å². The van der Waals surface area contributed by atoms with Gasteiger partial charge in [0.15, 0.2) is 0 Å². The van der Waals surface area contributed by atoms with Gasteiger partial charge in [0.1, 0.15) is 0 Å². The van der Waals surface area contributed by atoms with Crippen molar-refractivity contribution < 1.29 is 9.90 Å². The standard InChI is InChI=1S/C22H32N4O2/c1-15(2)12-19-17-4-3-5-18-21(17)16(14-23-18)13-20(24-19)22(28)26-8-6-25(7-9-26)10-11-27/h3-5,14-15,19-20,23-24,27H,6-13H2,1-2H3/t19-,20-/m0/s1. The molecular formula is C22H32N4O2. The minimum atomic E-state index is -0.195. The Morgan fingerprint density at radius 3 is 2.75 bits per heavy atom. The lowest BCUT2D eigenvalue weighted by Crippen LogP contribution is -2.55. The van der Waals surface area contributed by atoms with Crippen molar-refractivity contribution in [1.82, 2.24) is 20.1 Å². The van der Waals surface area contributed by atoms with Crippen molar-refractivity contribution in [2.24, 2.45) is 5.92 Å². The predicted octanol–water partition coefficient (Wildman–Crippen LogP) is 1.91. The van der Waals surface area contributed by atoms with Gasteiger partial charge in [-0.2, -0.15) is 0 Å². The molecule has 0 unspecified atom stereocenters. The van der Waals surface area contributed by atoms with E-state index >= 15 is 0 Å². The molecule has 1 amide bonds. The van der Waals surface area contributed by atoms with E-state index in [1.54, 1.807) is 0 Å². The smallest absolute Gasteiger partial charge is 0.240 e. The molecule has 0 spiro atoms. The monoisotopic (exact) mass is 384 g/mol. The second-order valence-corrected chi connectivity index (χ2v) is 8.58. The molecule has 2 aliphatic rings. The number of benzene rings is 1. The maximum atomic E-state index is 13.4. The van der Waals surface area contributed by atoms with Crippen LogP contribution in [0.25, 0.3) is 10.9 Å². The Bertz CT molecular complexity index is 823. The molecule has 0 aliphatic carbocycles. The van der Waals surface area contributed by atoms with Crippen LogP contribution >= 0.6 is 0 Å². The predicted molar refractivity (Wildman–Crippen MR) is 111 cm³/mol. The fourth-order valence-corrected chi connectivity index (χ4v) is 4.73. The van der Waals surface area contributed by atoms with Gasteiger partial charge in [-0.25, -0.2) is 0 Å². The first-order valence-electron chi connectivity index (χ1n) is 10.5. The topological polar surface area (TPSA) is 71.6 Å². The van der Waals surface area contributed by atoms with Crippen LogP contribution in [0.15, 0.2) is 24.4 Å². The molecule has 2 atom stereocenters. The molecule has 2 aromatic rings. The minimum absolute atomic E-state index is 0.177. The zero-order valence-corrected chi connectivity index (χ0v) is 16.9. The van der Waals surface area contributed by atoms with Gasteiger partial charge in [0.25, 0.3) is 0 Å². The molecule has 2 aliphatic heterocycles. The highest BCUT2D eigenvalue weighted by Crippen LogP contribution is 2.34. The summed E-state index contributed by atoms with van der Waals surface area (Å²) < 4.78 is 0. The Hall–Kier alpha value is -1.89. The van der Waals surface area contributed by atoms with Crippen molar-refractivity contribution in [2.75, 3.05) is 39.3 Å². The second kappa shape index (κ2) is 8.23. The van der Waals surface area contributed by atoms with Crippen molar-refractivity contribution in [1.29, 1.82) is 0 Å². The number of aliphatic hydroxyl groups is 1. The lowest BCUT2D eigenvalue weighted by molar-refractivity contribution is -0.135. The number of hydrogen-bond donors (Lipinski definition) is 3. The molecule has 0 saturated carbocycles. The number of piperazine rings is 1. The van der Waals surface area contributed by atoms with Crippen LogP contribution in [-0.4, -0.2) is 71.2 Å². The van der Waals surface area contributed by atoms with E-state index in [1.807, 2.05) is 4.90 Å². The summed E-state index contributed by atoms with van der Waals surface area (Å²) in [5.74, 6) is 0.755. The molecule has 0 bridgehead atoms. The highest BCUT2D eigenvalue weighted by molar-refractivity contribution is 5.90. The number of aromatic nitrogens is 1. The van der Waals surface area contributed by atoms with E-state index in [1.165, 1.54) is 16.5 Å². The summed E-state index contributed by atoms with van der Waals surface area (Å²) in [5.41, 5.74) is 3.71. The minimum Gasteiger partial charge on any atom is -0.395 e. The molecule has 3 N–H and O–H groups in total. The number of amides is 1. The highest BCUT2D eigenvalue weighted by atomic mass is 16.3. The average molecular weight is 385 g/mol. The lowest BCUT2D eigenvalue weighted by Gasteiger charge is -2.37. The SMILES string of the molecule is CC(C)C[C@@H]1N[C@H](C(=O)N2CCN(CCO)CC2)Cc2c[nH]c3cccc1c23. The third-order valence-electron chi connectivity index (χ3n) is 6.13. The van der Waals surface area contributed by atoms with E-state index in [0.717, 1.165) is 44.5 Å². The Kier molecular flexibility index (Phi) is 5.71. The van der Waals surface area contributed by atoms with Crippen molar-refractivity contribution in [3.63, 3.8) is 0 Å². The maximum absolute atomic E-state index is 13.4. The number of nitrogens with zero attached hydrogens (tertiary/aromatic N) is 2. The van der Waals surface area contributed by atoms with Gasteiger partial charge in [-0.3, -0.25) is 15.0 Å². The molecule has 3 heterocycles. The van der Waals surface area contributed by atoms with Gasteiger partial charge in [-0.1, -0.05) is 26.0 Å². The van der Waals surface area contributed by atoms with E-state index in [9.17, 15) is 4.79 Å². The van der Waals surface area contributed by atoms with Crippen LogP contribution in [0.3, 0.4) is 0 Å². The Labute approximate surface area is 166 Å². The van der Waals surface area contributed by atoms with Gasteiger partial charge in [0.05, 0.1) is 12.6 Å². The van der Waals surface area contributed by atoms with Crippen LogP contribution in [0.5, 0.6) is 0 Å². The lowest BCUT2D eigenvalue weighted by atomic mass is 9.94. The number of H-pyrrole nitrogens is 1. The fourth-order valence-electron chi connectivity index (χ4n) is 4.73. The van der Waals surface area contributed by atoms with E-state index < -0.39 is 0 Å². The van der Waals surface area contributed by atoms with E-state index in [4.69, 9.17) is 5.11 Å². The highest BCUT2D eigenvalue weighted by Gasteiger charge is 2.33. The normalized spacial score (nSPS) is 23.4. The molecule has 0 radical (unpaired) electrons. The zero-order chi connectivity index (χ0) is 19.7. The molecule has 1 saturated heterocycles. The molecule has 152 valence electrons. The van der Waals surface area contributed by atoms with E-state index in [2.05, 4.69) is 53.4 Å². The summed E-state index contributed by atoms with van der Waals surface area (Å²) in [6.45, 7) is 8.49. The molecule has 1 aromatic carbocycles. The molecule has 1 aromatic heterocycles. The van der Waals surface area contributed by atoms with Crippen LogP contribution < -0.4 is 5.32 Å². The first-order chi connectivity index (χ1) is 13.6. The first kappa shape index (κ1) is 19.4. The van der Waals surface area contributed by atoms with Gasteiger partial charge < -0.3 is 15.0 Å². The fraction of sp³-hybridized carbons (Fsp3) is 0.591. The third-order valence-corrected chi connectivity index (χ3v) is 6.13. The molecular weight excluding hydrogens is 352 g/mol. The molecule has 6 nitrogen and oxygen atoms in total. The number of carbonyl (C=O) groups is 1. The second-order valence-electron chi connectivity index (χ2n) is 8.58.